The maximum absolute atomic E-state index is 11.8. The molecule has 1 aliphatic heterocycles. The molecule has 0 aromatic heterocycles. The van der Waals surface area contributed by atoms with Crippen LogP contribution in [0.5, 0.6) is 11.5 Å². The summed E-state index contributed by atoms with van der Waals surface area (Å²) in [5.41, 5.74) is 1.31. The van der Waals surface area contributed by atoms with Gasteiger partial charge in [0.05, 0.1) is 0 Å². The Kier molecular flexibility index (Phi) is 4.34. The second-order valence-corrected chi connectivity index (χ2v) is 5.27. The van der Waals surface area contributed by atoms with Gasteiger partial charge in [-0.05, 0) is 42.0 Å². The molecule has 2 aromatic carbocycles. The normalized spacial score (nSPS) is 11.9. The van der Waals surface area contributed by atoms with Gasteiger partial charge in [-0.1, -0.05) is 17.7 Å². The number of rotatable bonds is 3. The van der Waals surface area contributed by atoms with Crippen LogP contribution in [0.2, 0.25) is 5.02 Å². The van der Waals surface area contributed by atoms with E-state index >= 15 is 0 Å². The van der Waals surface area contributed by atoms with E-state index < -0.39 is 11.8 Å². The molecule has 0 saturated carbocycles. The van der Waals surface area contributed by atoms with E-state index in [4.69, 9.17) is 21.1 Å². The van der Waals surface area contributed by atoms with Crippen molar-refractivity contribution in [1.82, 2.24) is 5.32 Å². The van der Waals surface area contributed by atoms with Gasteiger partial charge in [-0.15, -0.1) is 0 Å². The summed E-state index contributed by atoms with van der Waals surface area (Å²) >= 11 is 5.76. The highest BCUT2D eigenvalue weighted by atomic mass is 35.5. The average molecular weight is 333 g/mol. The van der Waals surface area contributed by atoms with E-state index in [0.29, 0.717) is 22.2 Å². The second-order valence-electron chi connectivity index (χ2n) is 4.83. The van der Waals surface area contributed by atoms with Crippen molar-refractivity contribution in [3.05, 3.63) is 53.1 Å². The largest absolute Gasteiger partial charge is 0.454 e. The van der Waals surface area contributed by atoms with Crippen molar-refractivity contribution >= 4 is 29.1 Å². The van der Waals surface area contributed by atoms with Gasteiger partial charge in [0.2, 0.25) is 6.79 Å². The summed E-state index contributed by atoms with van der Waals surface area (Å²) < 4.78 is 10.5. The van der Waals surface area contributed by atoms with E-state index in [-0.39, 0.29) is 13.3 Å². The van der Waals surface area contributed by atoms with Gasteiger partial charge in [0.25, 0.3) is 0 Å². The van der Waals surface area contributed by atoms with Gasteiger partial charge < -0.3 is 20.1 Å². The van der Waals surface area contributed by atoms with Crippen LogP contribution >= 0.6 is 11.6 Å². The molecule has 0 aliphatic carbocycles. The predicted molar refractivity (Wildman–Crippen MR) is 84.5 cm³/mol. The van der Waals surface area contributed by atoms with E-state index in [9.17, 15) is 9.59 Å². The Morgan fingerprint density at radius 1 is 1.00 bits per heavy atom. The molecule has 0 atom stereocenters. The number of ether oxygens (including phenoxy) is 2. The maximum atomic E-state index is 11.8. The average Bonchev–Trinajstić information content (AvgIpc) is 3.02. The number of amides is 2. The molecule has 0 unspecified atom stereocenters. The van der Waals surface area contributed by atoms with E-state index in [1.54, 1.807) is 42.5 Å². The fraction of sp³-hybridized carbons (Fsp3) is 0.125. The summed E-state index contributed by atoms with van der Waals surface area (Å²) in [5, 5.41) is 5.59. The topological polar surface area (TPSA) is 76.7 Å². The zero-order valence-electron chi connectivity index (χ0n) is 12.0. The van der Waals surface area contributed by atoms with Crippen LogP contribution in [0.1, 0.15) is 5.56 Å². The van der Waals surface area contributed by atoms with Crippen molar-refractivity contribution in [3.8, 4) is 11.5 Å². The van der Waals surface area contributed by atoms with Crippen molar-refractivity contribution in [2.45, 2.75) is 6.54 Å². The zero-order valence-corrected chi connectivity index (χ0v) is 12.7. The number of hydrogen-bond acceptors (Lipinski definition) is 4. The number of fused-ring (bicyclic) bond motifs is 1. The molecular weight excluding hydrogens is 320 g/mol. The molecule has 2 amide bonds. The number of nitrogens with one attached hydrogen (secondary N) is 2. The van der Waals surface area contributed by atoms with Crippen LogP contribution < -0.4 is 20.1 Å². The Hall–Kier alpha value is -2.73. The van der Waals surface area contributed by atoms with Gasteiger partial charge in [-0.2, -0.15) is 0 Å². The standard InChI is InChI=1S/C16H13ClN2O4/c17-11-2-4-12(5-3-11)19-16(21)15(20)18-8-10-1-6-13-14(7-10)23-9-22-13/h1-7H,8-9H2,(H,18,20)(H,19,21). The first-order chi connectivity index (χ1) is 11.1. The Morgan fingerprint density at radius 3 is 2.52 bits per heavy atom. The molecule has 118 valence electrons. The molecule has 0 bridgehead atoms. The number of benzene rings is 2. The number of carbonyl (C=O) groups is 2. The first-order valence-corrected chi connectivity index (χ1v) is 7.23. The number of hydrogen-bond donors (Lipinski definition) is 2. The van der Waals surface area contributed by atoms with Crippen molar-refractivity contribution in [1.29, 1.82) is 0 Å². The van der Waals surface area contributed by atoms with Crippen LogP contribution in [0.4, 0.5) is 5.69 Å². The van der Waals surface area contributed by atoms with E-state index in [0.717, 1.165) is 5.56 Å². The SMILES string of the molecule is O=C(NCc1ccc2c(c1)OCO2)C(=O)Nc1ccc(Cl)cc1. The summed E-state index contributed by atoms with van der Waals surface area (Å²) in [4.78, 5) is 23.6. The summed E-state index contributed by atoms with van der Waals surface area (Å²) in [6.07, 6.45) is 0. The molecule has 0 radical (unpaired) electrons. The molecule has 0 saturated heterocycles. The first kappa shape index (κ1) is 15.2. The molecule has 7 heteroatoms. The molecule has 3 rings (SSSR count). The van der Waals surface area contributed by atoms with E-state index in [1.807, 2.05) is 0 Å². The maximum Gasteiger partial charge on any atom is 0.313 e. The zero-order chi connectivity index (χ0) is 16.2. The summed E-state index contributed by atoms with van der Waals surface area (Å²) in [6, 6.07) is 11.8. The minimum atomic E-state index is -0.743. The molecule has 2 N–H and O–H groups in total. The minimum absolute atomic E-state index is 0.189. The highest BCUT2D eigenvalue weighted by Crippen LogP contribution is 2.32. The molecule has 0 fully saturated rings. The monoisotopic (exact) mass is 332 g/mol. The fourth-order valence-corrected chi connectivity index (χ4v) is 2.16. The molecule has 23 heavy (non-hydrogen) atoms. The molecule has 2 aromatic rings. The van der Waals surface area contributed by atoms with Crippen molar-refractivity contribution in [3.63, 3.8) is 0 Å². The number of halogens is 1. The van der Waals surface area contributed by atoms with Crippen LogP contribution in [0.15, 0.2) is 42.5 Å². The van der Waals surface area contributed by atoms with E-state index in [1.165, 1.54) is 0 Å². The van der Waals surface area contributed by atoms with Crippen LogP contribution in [-0.2, 0) is 16.1 Å². The third-order valence-electron chi connectivity index (χ3n) is 3.20. The quantitative estimate of drug-likeness (QED) is 0.846. The predicted octanol–water partition coefficient (Wildman–Crippen LogP) is 2.32. The van der Waals surface area contributed by atoms with Crippen LogP contribution in [0.25, 0.3) is 0 Å². The molecule has 1 aliphatic rings. The summed E-state index contributed by atoms with van der Waals surface area (Å²) in [6.45, 7) is 0.401. The van der Waals surface area contributed by atoms with Gasteiger partial charge in [0.1, 0.15) is 0 Å². The second kappa shape index (κ2) is 6.58. The van der Waals surface area contributed by atoms with Gasteiger partial charge in [0, 0.05) is 17.3 Å². The van der Waals surface area contributed by atoms with Crippen LogP contribution in [0.3, 0.4) is 0 Å². The lowest BCUT2D eigenvalue weighted by Crippen LogP contribution is -2.34. The smallest absolute Gasteiger partial charge is 0.313 e. The number of carbonyl (C=O) groups excluding carboxylic acids is 2. The van der Waals surface area contributed by atoms with Gasteiger partial charge in [0.15, 0.2) is 11.5 Å². The minimum Gasteiger partial charge on any atom is -0.454 e. The summed E-state index contributed by atoms with van der Waals surface area (Å²) in [5.74, 6) is -0.173. The Bertz CT molecular complexity index is 746. The summed E-state index contributed by atoms with van der Waals surface area (Å²) in [7, 11) is 0. The molecule has 1 heterocycles. The third kappa shape index (κ3) is 3.73. The van der Waals surface area contributed by atoms with Crippen LogP contribution in [0, 0.1) is 0 Å². The van der Waals surface area contributed by atoms with Crippen molar-refractivity contribution < 1.29 is 19.1 Å². The van der Waals surface area contributed by atoms with Gasteiger partial charge in [-0.25, -0.2) is 0 Å². The van der Waals surface area contributed by atoms with Crippen molar-refractivity contribution in [2.75, 3.05) is 12.1 Å². The number of anilines is 1. The van der Waals surface area contributed by atoms with Crippen molar-refractivity contribution in [2.24, 2.45) is 0 Å². The highest BCUT2D eigenvalue weighted by molar-refractivity contribution is 6.39. The molecule has 0 spiro atoms. The molecule has 6 nitrogen and oxygen atoms in total. The lowest BCUT2D eigenvalue weighted by molar-refractivity contribution is -0.136. The molecular formula is C16H13ClN2O4. The lowest BCUT2D eigenvalue weighted by Gasteiger charge is -2.07. The lowest BCUT2D eigenvalue weighted by atomic mass is 10.2. The highest BCUT2D eigenvalue weighted by Gasteiger charge is 2.16. The van der Waals surface area contributed by atoms with E-state index in [2.05, 4.69) is 10.6 Å². The fourth-order valence-electron chi connectivity index (χ4n) is 2.03. The van der Waals surface area contributed by atoms with Gasteiger partial charge >= 0.3 is 11.8 Å². The van der Waals surface area contributed by atoms with Crippen LogP contribution in [-0.4, -0.2) is 18.6 Å². The Morgan fingerprint density at radius 2 is 1.74 bits per heavy atom. The Labute approximate surface area is 137 Å². The van der Waals surface area contributed by atoms with Gasteiger partial charge in [-0.3, -0.25) is 9.59 Å². The first-order valence-electron chi connectivity index (χ1n) is 6.85. The third-order valence-corrected chi connectivity index (χ3v) is 3.45. The Balaban J connectivity index is 1.54.